The van der Waals surface area contributed by atoms with E-state index in [1.165, 1.54) is 18.2 Å². The van der Waals surface area contributed by atoms with E-state index >= 15 is 0 Å². The summed E-state index contributed by atoms with van der Waals surface area (Å²) in [6.45, 7) is 0. The quantitative estimate of drug-likeness (QED) is 0.437. The van der Waals surface area contributed by atoms with Gasteiger partial charge in [0.05, 0.1) is 5.56 Å². The van der Waals surface area contributed by atoms with E-state index in [9.17, 15) is 9.18 Å². The van der Waals surface area contributed by atoms with Crippen molar-refractivity contribution in [2.75, 3.05) is 0 Å². The number of benzene rings is 1. The molecule has 0 fully saturated rings. The van der Waals surface area contributed by atoms with Crippen molar-refractivity contribution in [1.29, 1.82) is 0 Å². The van der Waals surface area contributed by atoms with Gasteiger partial charge in [-0.05, 0) is 18.2 Å². The predicted molar refractivity (Wildman–Crippen MR) is 39.7 cm³/mol. The zero-order valence-electron chi connectivity index (χ0n) is 5.67. The minimum atomic E-state index is -0.543. The van der Waals surface area contributed by atoms with Crippen LogP contribution in [-0.4, -0.2) is 6.29 Å². The SMILES string of the molecule is C#Cc1ccc(F)c(C=O)c1. The highest BCUT2D eigenvalue weighted by atomic mass is 19.1. The number of hydrogen-bond donors (Lipinski definition) is 0. The molecular weight excluding hydrogens is 143 g/mol. The van der Waals surface area contributed by atoms with Crippen molar-refractivity contribution in [1.82, 2.24) is 0 Å². The maximum absolute atomic E-state index is 12.6. The van der Waals surface area contributed by atoms with Gasteiger partial charge in [-0.25, -0.2) is 4.39 Å². The summed E-state index contributed by atoms with van der Waals surface area (Å²) in [7, 11) is 0. The van der Waals surface area contributed by atoms with Crippen LogP contribution in [0, 0.1) is 18.2 Å². The molecular formula is C9H5FO. The van der Waals surface area contributed by atoms with Crippen molar-refractivity contribution < 1.29 is 9.18 Å². The molecule has 11 heavy (non-hydrogen) atoms. The Morgan fingerprint density at radius 1 is 1.55 bits per heavy atom. The van der Waals surface area contributed by atoms with Gasteiger partial charge in [0.1, 0.15) is 5.82 Å². The molecule has 0 heterocycles. The van der Waals surface area contributed by atoms with Gasteiger partial charge >= 0.3 is 0 Å². The van der Waals surface area contributed by atoms with E-state index in [1.807, 2.05) is 0 Å². The fourth-order valence-electron chi connectivity index (χ4n) is 0.724. The maximum atomic E-state index is 12.6. The molecule has 0 aliphatic heterocycles. The van der Waals surface area contributed by atoms with Crippen LogP contribution in [0.2, 0.25) is 0 Å². The lowest BCUT2D eigenvalue weighted by Crippen LogP contribution is -1.87. The predicted octanol–water partition coefficient (Wildman–Crippen LogP) is 1.62. The van der Waals surface area contributed by atoms with E-state index in [-0.39, 0.29) is 5.56 Å². The van der Waals surface area contributed by atoms with Crippen LogP contribution < -0.4 is 0 Å². The number of carbonyl (C=O) groups excluding carboxylic acids is 1. The number of halogens is 1. The lowest BCUT2D eigenvalue weighted by atomic mass is 10.1. The van der Waals surface area contributed by atoms with E-state index < -0.39 is 5.82 Å². The van der Waals surface area contributed by atoms with Crippen LogP contribution in [0.25, 0.3) is 0 Å². The van der Waals surface area contributed by atoms with E-state index in [0.717, 1.165) is 0 Å². The lowest BCUT2D eigenvalue weighted by Gasteiger charge is -1.93. The summed E-state index contributed by atoms with van der Waals surface area (Å²) in [6, 6.07) is 3.96. The van der Waals surface area contributed by atoms with Crippen molar-refractivity contribution >= 4 is 6.29 Å². The van der Waals surface area contributed by atoms with E-state index in [4.69, 9.17) is 6.42 Å². The van der Waals surface area contributed by atoms with Gasteiger partial charge in [0, 0.05) is 5.56 Å². The lowest BCUT2D eigenvalue weighted by molar-refractivity contribution is 0.112. The molecule has 54 valence electrons. The van der Waals surface area contributed by atoms with E-state index in [1.54, 1.807) is 0 Å². The summed E-state index contributed by atoms with van der Waals surface area (Å²) in [5, 5.41) is 0. The number of terminal acetylenes is 1. The molecule has 0 saturated heterocycles. The molecule has 0 N–H and O–H groups in total. The highest BCUT2D eigenvalue weighted by Gasteiger charge is 1.99. The molecule has 0 bridgehead atoms. The Bertz CT molecular complexity index is 323. The summed E-state index contributed by atoms with van der Waals surface area (Å²) in [5.74, 6) is 1.76. The molecule has 2 heteroatoms. The number of carbonyl (C=O) groups is 1. The average molecular weight is 148 g/mol. The molecule has 0 aliphatic rings. The first-order valence-electron chi connectivity index (χ1n) is 2.99. The Labute approximate surface area is 63.9 Å². The van der Waals surface area contributed by atoms with Gasteiger partial charge < -0.3 is 0 Å². The monoisotopic (exact) mass is 148 g/mol. The van der Waals surface area contributed by atoms with Crippen molar-refractivity contribution in [3.63, 3.8) is 0 Å². The molecule has 1 nitrogen and oxygen atoms in total. The van der Waals surface area contributed by atoms with Gasteiger partial charge in [0.15, 0.2) is 6.29 Å². The third kappa shape index (κ3) is 1.44. The average Bonchev–Trinajstić information content (AvgIpc) is 2.05. The molecule has 1 rings (SSSR count). The van der Waals surface area contributed by atoms with Gasteiger partial charge in [0.2, 0.25) is 0 Å². The Morgan fingerprint density at radius 2 is 2.27 bits per heavy atom. The van der Waals surface area contributed by atoms with E-state index in [0.29, 0.717) is 11.8 Å². The Balaban J connectivity index is 3.25. The Morgan fingerprint density at radius 3 is 2.82 bits per heavy atom. The van der Waals surface area contributed by atoms with Crippen LogP contribution in [0.5, 0.6) is 0 Å². The molecule has 0 aliphatic carbocycles. The zero-order valence-corrected chi connectivity index (χ0v) is 5.67. The highest BCUT2D eigenvalue weighted by molar-refractivity contribution is 5.75. The third-order valence-corrected chi connectivity index (χ3v) is 1.29. The highest BCUT2D eigenvalue weighted by Crippen LogP contribution is 2.06. The second-order valence-corrected chi connectivity index (χ2v) is 2.00. The first-order valence-corrected chi connectivity index (χ1v) is 2.99. The summed E-state index contributed by atoms with van der Waals surface area (Å²) in [6.07, 6.45) is 5.48. The van der Waals surface area contributed by atoms with Gasteiger partial charge in [-0.2, -0.15) is 0 Å². The van der Waals surface area contributed by atoms with Crippen molar-refractivity contribution in [2.24, 2.45) is 0 Å². The summed E-state index contributed by atoms with van der Waals surface area (Å²) in [5.41, 5.74) is 0.508. The third-order valence-electron chi connectivity index (χ3n) is 1.29. The zero-order chi connectivity index (χ0) is 8.27. The van der Waals surface area contributed by atoms with Crippen LogP contribution in [0.15, 0.2) is 18.2 Å². The topological polar surface area (TPSA) is 17.1 Å². The van der Waals surface area contributed by atoms with Crippen LogP contribution >= 0.6 is 0 Å². The van der Waals surface area contributed by atoms with Crippen molar-refractivity contribution in [3.05, 3.63) is 35.1 Å². The van der Waals surface area contributed by atoms with Gasteiger partial charge in [0.25, 0.3) is 0 Å². The molecule has 0 atom stereocenters. The second kappa shape index (κ2) is 2.98. The summed E-state index contributed by atoms with van der Waals surface area (Å²) < 4.78 is 12.6. The van der Waals surface area contributed by atoms with Crippen LogP contribution in [0.4, 0.5) is 4.39 Å². The molecule has 0 radical (unpaired) electrons. The molecule has 1 aromatic carbocycles. The van der Waals surface area contributed by atoms with Crippen molar-refractivity contribution in [3.8, 4) is 12.3 Å². The molecule has 0 spiro atoms. The minimum absolute atomic E-state index is 0.000417. The first-order chi connectivity index (χ1) is 5.27. The Kier molecular flexibility index (Phi) is 2.03. The normalized spacial score (nSPS) is 8.73. The number of hydrogen-bond acceptors (Lipinski definition) is 1. The minimum Gasteiger partial charge on any atom is -0.298 e. The van der Waals surface area contributed by atoms with Gasteiger partial charge in [-0.1, -0.05) is 5.92 Å². The summed E-state index contributed by atoms with van der Waals surface area (Å²) in [4.78, 5) is 10.2. The van der Waals surface area contributed by atoms with Crippen LogP contribution in [-0.2, 0) is 0 Å². The van der Waals surface area contributed by atoms with Crippen LogP contribution in [0.3, 0.4) is 0 Å². The number of aldehydes is 1. The summed E-state index contributed by atoms with van der Waals surface area (Å²) >= 11 is 0. The smallest absolute Gasteiger partial charge is 0.153 e. The molecule has 0 unspecified atom stereocenters. The number of rotatable bonds is 1. The first kappa shape index (κ1) is 7.49. The fraction of sp³-hybridized carbons (Fsp3) is 0. The van der Waals surface area contributed by atoms with Gasteiger partial charge in [-0.3, -0.25) is 4.79 Å². The standard InChI is InChI=1S/C9H5FO/c1-2-7-3-4-9(10)8(5-7)6-11/h1,3-6H. The second-order valence-electron chi connectivity index (χ2n) is 2.00. The van der Waals surface area contributed by atoms with E-state index in [2.05, 4.69) is 5.92 Å². The fourth-order valence-corrected chi connectivity index (χ4v) is 0.724. The van der Waals surface area contributed by atoms with Gasteiger partial charge in [-0.15, -0.1) is 6.42 Å². The molecule has 1 aromatic rings. The molecule has 0 aromatic heterocycles. The van der Waals surface area contributed by atoms with Crippen molar-refractivity contribution in [2.45, 2.75) is 0 Å². The molecule has 0 amide bonds. The maximum Gasteiger partial charge on any atom is 0.153 e. The largest absolute Gasteiger partial charge is 0.298 e. The molecule has 0 saturated carbocycles. The van der Waals surface area contributed by atoms with Crippen LogP contribution in [0.1, 0.15) is 15.9 Å². The Hall–Kier alpha value is -1.62.